The Kier molecular flexibility index (Phi) is 8.45. The van der Waals surface area contributed by atoms with E-state index in [2.05, 4.69) is 10.0 Å². The summed E-state index contributed by atoms with van der Waals surface area (Å²) < 4.78 is 53.2. The molecule has 1 heterocycles. The molecule has 0 saturated heterocycles. The number of carbonyl (C=O) groups excluding carboxylic acids is 1. The summed E-state index contributed by atoms with van der Waals surface area (Å²) in [5.41, 5.74) is 5.81. The first-order valence-electron chi connectivity index (χ1n) is 9.39. The first-order chi connectivity index (χ1) is 15.1. The lowest BCUT2D eigenvalue weighted by molar-refractivity contribution is -0.118. The molecular formula is C21H23ClFN3O6S. The van der Waals surface area contributed by atoms with Gasteiger partial charge < -0.3 is 25.3 Å². The van der Waals surface area contributed by atoms with E-state index < -0.39 is 34.4 Å². The molecule has 0 bridgehead atoms. The molecule has 0 aliphatic carbocycles. The molecular weight excluding hydrogens is 477 g/mol. The predicted molar refractivity (Wildman–Crippen MR) is 124 cm³/mol. The van der Waals surface area contributed by atoms with Gasteiger partial charge in [0.15, 0.2) is 0 Å². The Morgan fingerprint density at radius 1 is 1.21 bits per heavy atom. The number of halogens is 2. The zero-order chi connectivity index (χ0) is 23.5. The number of hydrogen-bond donors (Lipinski definition) is 4. The second kappa shape index (κ2) is 10.7. The minimum Gasteiger partial charge on any atom is -0.495 e. The average Bonchev–Trinajstić information content (AvgIpc) is 3.18. The smallest absolute Gasteiger partial charge is 0.262 e. The quantitative estimate of drug-likeness (QED) is 0.373. The molecule has 3 aromatic rings. The number of furan rings is 1. The summed E-state index contributed by atoms with van der Waals surface area (Å²) in [6.45, 7) is 1.16. The van der Waals surface area contributed by atoms with Crippen LogP contribution in [0.5, 0.6) is 5.75 Å². The Bertz CT molecular complexity index is 1250. The molecule has 9 nitrogen and oxygen atoms in total. The van der Waals surface area contributed by atoms with Crippen molar-refractivity contribution in [3.05, 3.63) is 60.1 Å². The molecule has 1 aromatic heterocycles. The third kappa shape index (κ3) is 6.02. The van der Waals surface area contributed by atoms with Crippen molar-refractivity contribution < 1.29 is 31.9 Å². The lowest BCUT2D eigenvalue weighted by Gasteiger charge is -2.15. The standard InChI is InChI=1S/C21H22FN3O6S.ClH/c1-12-3-7-19(31-12)15-6-5-14(10-16(15)22)32(28,29)25-18-9-13(4-8-20(18)30-2)24-21(27)17(23)11-26;/h3-10,17,25-26H,11,23H2,1-2H3,(H,24,27);1H/t17-;/m0./s1. The maximum Gasteiger partial charge on any atom is 0.262 e. The molecule has 2 aromatic carbocycles. The van der Waals surface area contributed by atoms with E-state index in [-0.39, 0.29) is 45.8 Å². The van der Waals surface area contributed by atoms with Gasteiger partial charge >= 0.3 is 0 Å². The lowest BCUT2D eigenvalue weighted by atomic mass is 10.1. The molecule has 0 saturated carbocycles. The SMILES string of the molecule is COc1ccc(NC(=O)[C@@H](N)CO)cc1NS(=O)(=O)c1ccc(-c2ccc(C)o2)c(F)c1.Cl. The van der Waals surface area contributed by atoms with Crippen molar-refractivity contribution in [2.24, 2.45) is 5.73 Å². The van der Waals surface area contributed by atoms with Crippen molar-refractivity contribution in [2.75, 3.05) is 23.8 Å². The molecule has 178 valence electrons. The number of sulfonamides is 1. The summed E-state index contributed by atoms with van der Waals surface area (Å²) >= 11 is 0. The van der Waals surface area contributed by atoms with Gasteiger partial charge in [-0.25, -0.2) is 12.8 Å². The van der Waals surface area contributed by atoms with Crippen LogP contribution in [0.4, 0.5) is 15.8 Å². The van der Waals surface area contributed by atoms with E-state index in [0.29, 0.717) is 5.76 Å². The summed E-state index contributed by atoms with van der Waals surface area (Å²) in [5.74, 6) is -0.383. The first-order valence-corrected chi connectivity index (χ1v) is 10.9. The molecule has 0 radical (unpaired) electrons. The van der Waals surface area contributed by atoms with Crippen molar-refractivity contribution in [3.8, 4) is 17.1 Å². The van der Waals surface area contributed by atoms with Gasteiger partial charge in [-0.2, -0.15) is 0 Å². The molecule has 12 heteroatoms. The molecule has 1 amide bonds. The largest absolute Gasteiger partial charge is 0.495 e. The van der Waals surface area contributed by atoms with Crippen LogP contribution in [0.15, 0.2) is 57.8 Å². The average molecular weight is 500 g/mol. The van der Waals surface area contributed by atoms with Crippen LogP contribution in [-0.2, 0) is 14.8 Å². The Labute approximate surface area is 196 Å². The molecule has 0 fully saturated rings. The summed E-state index contributed by atoms with van der Waals surface area (Å²) in [6.07, 6.45) is 0. The predicted octanol–water partition coefficient (Wildman–Crippen LogP) is 2.88. The van der Waals surface area contributed by atoms with E-state index in [1.807, 2.05) is 0 Å². The van der Waals surface area contributed by atoms with Gasteiger partial charge in [0.2, 0.25) is 5.91 Å². The number of aryl methyl sites for hydroxylation is 1. The molecule has 0 aliphatic rings. The number of amides is 1. The van der Waals surface area contributed by atoms with Gasteiger partial charge in [-0.1, -0.05) is 0 Å². The lowest BCUT2D eigenvalue weighted by Crippen LogP contribution is -2.38. The third-order valence-corrected chi connectivity index (χ3v) is 5.86. The molecule has 33 heavy (non-hydrogen) atoms. The number of nitrogens with one attached hydrogen (secondary N) is 2. The Hall–Kier alpha value is -3.12. The van der Waals surface area contributed by atoms with Crippen LogP contribution in [0.1, 0.15) is 5.76 Å². The number of aliphatic hydroxyl groups is 1. The summed E-state index contributed by atoms with van der Waals surface area (Å²) in [7, 11) is -2.87. The van der Waals surface area contributed by atoms with Crippen LogP contribution in [-0.4, -0.2) is 39.2 Å². The Balaban J connectivity index is 0.00000385. The summed E-state index contributed by atoms with van der Waals surface area (Å²) in [6, 6.07) is 9.78. The van der Waals surface area contributed by atoms with Gasteiger partial charge in [0.25, 0.3) is 10.0 Å². The van der Waals surface area contributed by atoms with E-state index in [4.69, 9.17) is 20.0 Å². The highest BCUT2D eigenvalue weighted by Crippen LogP contribution is 2.31. The number of methoxy groups -OCH3 is 1. The fourth-order valence-corrected chi connectivity index (χ4v) is 3.90. The zero-order valence-electron chi connectivity index (χ0n) is 17.7. The highest BCUT2D eigenvalue weighted by molar-refractivity contribution is 7.92. The summed E-state index contributed by atoms with van der Waals surface area (Å²) in [5, 5.41) is 11.4. The Morgan fingerprint density at radius 2 is 1.94 bits per heavy atom. The highest BCUT2D eigenvalue weighted by Gasteiger charge is 2.21. The second-order valence-corrected chi connectivity index (χ2v) is 8.53. The topological polar surface area (TPSA) is 144 Å². The number of aliphatic hydroxyl groups excluding tert-OH is 1. The van der Waals surface area contributed by atoms with Crippen LogP contribution < -0.4 is 20.5 Å². The van der Waals surface area contributed by atoms with E-state index >= 15 is 0 Å². The van der Waals surface area contributed by atoms with Gasteiger partial charge in [-0.3, -0.25) is 9.52 Å². The van der Waals surface area contributed by atoms with E-state index in [9.17, 15) is 17.6 Å². The maximum absolute atomic E-state index is 14.6. The van der Waals surface area contributed by atoms with Crippen LogP contribution in [0.25, 0.3) is 11.3 Å². The summed E-state index contributed by atoms with van der Waals surface area (Å²) in [4.78, 5) is 11.6. The molecule has 3 rings (SSSR count). The Morgan fingerprint density at radius 3 is 2.52 bits per heavy atom. The van der Waals surface area contributed by atoms with Gasteiger partial charge in [0.1, 0.15) is 29.1 Å². The van der Waals surface area contributed by atoms with Crippen molar-refractivity contribution >= 4 is 39.7 Å². The number of hydrogen-bond acceptors (Lipinski definition) is 7. The number of rotatable bonds is 8. The van der Waals surface area contributed by atoms with Crippen molar-refractivity contribution in [2.45, 2.75) is 17.9 Å². The van der Waals surface area contributed by atoms with Gasteiger partial charge in [0.05, 0.1) is 29.9 Å². The fraction of sp³-hybridized carbons (Fsp3) is 0.190. The minimum absolute atomic E-state index is 0. The number of anilines is 2. The van der Waals surface area contributed by atoms with Gasteiger partial charge in [-0.05, 0) is 55.5 Å². The molecule has 5 N–H and O–H groups in total. The highest BCUT2D eigenvalue weighted by atomic mass is 35.5. The van der Waals surface area contributed by atoms with Crippen molar-refractivity contribution in [1.82, 2.24) is 0 Å². The van der Waals surface area contributed by atoms with Gasteiger partial charge in [0, 0.05) is 5.69 Å². The van der Waals surface area contributed by atoms with Crippen LogP contribution >= 0.6 is 12.4 Å². The number of ether oxygens (including phenoxy) is 1. The second-order valence-electron chi connectivity index (χ2n) is 6.85. The minimum atomic E-state index is -4.21. The maximum atomic E-state index is 14.6. The molecule has 0 spiro atoms. The first kappa shape index (κ1) is 26.1. The number of nitrogens with two attached hydrogens (primary N) is 1. The zero-order valence-corrected chi connectivity index (χ0v) is 19.3. The van der Waals surface area contributed by atoms with Gasteiger partial charge in [-0.15, -0.1) is 12.4 Å². The molecule has 1 atom stereocenters. The van der Waals surface area contributed by atoms with Crippen LogP contribution in [0.2, 0.25) is 0 Å². The molecule has 0 unspecified atom stereocenters. The normalized spacial score (nSPS) is 11.9. The monoisotopic (exact) mass is 499 g/mol. The molecule has 0 aliphatic heterocycles. The van der Waals surface area contributed by atoms with Crippen LogP contribution in [0.3, 0.4) is 0 Å². The van der Waals surface area contributed by atoms with E-state index in [0.717, 1.165) is 6.07 Å². The van der Waals surface area contributed by atoms with Crippen molar-refractivity contribution in [3.63, 3.8) is 0 Å². The fourth-order valence-electron chi connectivity index (χ4n) is 2.83. The number of carbonyl (C=O) groups is 1. The van der Waals surface area contributed by atoms with E-state index in [1.54, 1.807) is 19.1 Å². The van der Waals surface area contributed by atoms with Crippen molar-refractivity contribution in [1.29, 1.82) is 0 Å². The third-order valence-electron chi connectivity index (χ3n) is 4.50. The number of benzene rings is 2. The van der Waals surface area contributed by atoms with E-state index in [1.165, 1.54) is 37.4 Å². The van der Waals surface area contributed by atoms with Crippen LogP contribution in [0, 0.1) is 12.7 Å².